The molecule has 1 aliphatic rings. The van der Waals surface area contributed by atoms with E-state index >= 15 is 0 Å². The molecule has 1 amide bonds. The molecule has 0 radical (unpaired) electrons. The van der Waals surface area contributed by atoms with Gasteiger partial charge in [0.1, 0.15) is 12.4 Å². The molecule has 0 fully saturated rings. The van der Waals surface area contributed by atoms with Crippen molar-refractivity contribution in [3.8, 4) is 11.5 Å². The molecule has 24 heavy (non-hydrogen) atoms. The highest BCUT2D eigenvalue weighted by molar-refractivity contribution is 5.97. The summed E-state index contributed by atoms with van der Waals surface area (Å²) in [5, 5.41) is 2.40. The monoisotopic (exact) mass is 331 g/mol. The van der Waals surface area contributed by atoms with Gasteiger partial charge in [-0.15, -0.1) is 0 Å². The van der Waals surface area contributed by atoms with Gasteiger partial charge < -0.3 is 19.5 Å². The Morgan fingerprint density at radius 3 is 2.71 bits per heavy atom. The predicted octanol–water partition coefficient (Wildman–Crippen LogP) is 2.39. The van der Waals surface area contributed by atoms with Gasteiger partial charge in [0.2, 0.25) is 6.10 Å². The number of ether oxygens (including phenoxy) is 3. The highest BCUT2D eigenvalue weighted by Crippen LogP contribution is 2.31. The zero-order chi connectivity index (χ0) is 17.1. The number of esters is 1. The third kappa shape index (κ3) is 3.15. The zero-order valence-corrected chi connectivity index (χ0v) is 12.7. The van der Waals surface area contributed by atoms with Crippen molar-refractivity contribution in [2.45, 2.75) is 6.10 Å². The van der Waals surface area contributed by atoms with E-state index in [2.05, 4.69) is 10.1 Å². The molecule has 0 bridgehead atoms. The van der Waals surface area contributed by atoms with E-state index in [9.17, 15) is 14.0 Å². The predicted molar refractivity (Wildman–Crippen MR) is 82.7 cm³/mol. The molecule has 2 aromatic carbocycles. The first-order chi connectivity index (χ1) is 11.6. The van der Waals surface area contributed by atoms with Crippen LogP contribution in [0, 0.1) is 5.82 Å². The number of hydrogen-bond donors (Lipinski definition) is 1. The molecule has 1 N–H and O–H groups in total. The minimum atomic E-state index is -0.930. The fraction of sp³-hybridized carbons (Fsp3) is 0.176. The summed E-state index contributed by atoms with van der Waals surface area (Å²) < 4.78 is 29.4. The van der Waals surface area contributed by atoms with E-state index in [1.165, 1.54) is 19.2 Å². The summed E-state index contributed by atoms with van der Waals surface area (Å²) in [5.74, 6) is -0.900. The van der Waals surface area contributed by atoms with Gasteiger partial charge in [-0.1, -0.05) is 12.1 Å². The fourth-order valence-corrected chi connectivity index (χ4v) is 2.23. The Bertz CT molecular complexity index is 792. The average Bonchev–Trinajstić information content (AvgIpc) is 2.62. The van der Waals surface area contributed by atoms with Crippen LogP contribution in [0.5, 0.6) is 11.5 Å². The molecular weight excluding hydrogens is 317 g/mol. The Hall–Kier alpha value is -3.09. The maximum Gasteiger partial charge on any atom is 0.337 e. The first-order valence-corrected chi connectivity index (χ1v) is 7.15. The first kappa shape index (κ1) is 15.8. The number of hydrogen-bond acceptors (Lipinski definition) is 5. The molecule has 1 atom stereocenters. The maximum atomic E-state index is 13.9. The van der Waals surface area contributed by atoms with Gasteiger partial charge in [0, 0.05) is 0 Å². The van der Waals surface area contributed by atoms with E-state index < -0.39 is 23.8 Å². The summed E-state index contributed by atoms with van der Waals surface area (Å²) in [6, 6.07) is 10.5. The van der Waals surface area contributed by atoms with E-state index in [0.29, 0.717) is 11.5 Å². The number of carbonyl (C=O) groups excluding carboxylic acids is 2. The lowest BCUT2D eigenvalue weighted by atomic mass is 10.2. The minimum Gasteiger partial charge on any atom is -0.485 e. The van der Waals surface area contributed by atoms with Crippen molar-refractivity contribution in [2.24, 2.45) is 0 Å². The van der Waals surface area contributed by atoms with Crippen molar-refractivity contribution in [3.63, 3.8) is 0 Å². The third-order valence-corrected chi connectivity index (χ3v) is 3.45. The molecule has 0 aromatic heterocycles. The molecule has 0 saturated carbocycles. The van der Waals surface area contributed by atoms with Crippen molar-refractivity contribution in [1.82, 2.24) is 0 Å². The van der Waals surface area contributed by atoms with Crippen LogP contribution in [0.4, 0.5) is 10.1 Å². The molecule has 0 unspecified atom stereocenters. The molecule has 0 aliphatic carbocycles. The Morgan fingerprint density at radius 2 is 1.96 bits per heavy atom. The summed E-state index contributed by atoms with van der Waals surface area (Å²) in [7, 11) is 1.22. The summed E-state index contributed by atoms with van der Waals surface area (Å²) in [6.07, 6.45) is -0.930. The van der Waals surface area contributed by atoms with Gasteiger partial charge in [-0.3, -0.25) is 4.79 Å². The van der Waals surface area contributed by atoms with Gasteiger partial charge in [-0.25, -0.2) is 9.18 Å². The number of carbonyl (C=O) groups is 2. The van der Waals surface area contributed by atoms with Crippen LogP contribution in [-0.4, -0.2) is 31.7 Å². The number of nitrogens with one attached hydrogen (secondary N) is 1. The lowest BCUT2D eigenvalue weighted by molar-refractivity contribution is -0.125. The van der Waals surface area contributed by atoms with E-state index in [1.54, 1.807) is 24.3 Å². The quantitative estimate of drug-likeness (QED) is 0.874. The number of methoxy groups -OCH3 is 1. The highest BCUT2D eigenvalue weighted by Gasteiger charge is 2.28. The summed E-state index contributed by atoms with van der Waals surface area (Å²) in [4.78, 5) is 23.8. The largest absolute Gasteiger partial charge is 0.485 e. The van der Waals surface area contributed by atoms with Crippen LogP contribution in [0.3, 0.4) is 0 Å². The fourth-order valence-electron chi connectivity index (χ4n) is 2.23. The number of amides is 1. The van der Waals surface area contributed by atoms with Gasteiger partial charge in [-0.2, -0.15) is 0 Å². The second-order valence-corrected chi connectivity index (χ2v) is 5.04. The van der Waals surface area contributed by atoms with Crippen molar-refractivity contribution >= 4 is 17.6 Å². The summed E-state index contributed by atoms with van der Waals surface area (Å²) >= 11 is 0. The Kier molecular flexibility index (Phi) is 4.33. The van der Waals surface area contributed by atoms with E-state index in [4.69, 9.17) is 9.47 Å². The van der Waals surface area contributed by atoms with Gasteiger partial charge >= 0.3 is 5.97 Å². The maximum absolute atomic E-state index is 13.9. The molecule has 7 heteroatoms. The second-order valence-electron chi connectivity index (χ2n) is 5.04. The standard InChI is InChI=1S/C17H14FNO5/c1-22-17(21)10-6-7-11(18)12(8-10)19-16(20)15-9-23-13-4-2-3-5-14(13)24-15/h2-8,15H,9H2,1H3,(H,19,20)/t15-/m0/s1. The topological polar surface area (TPSA) is 73.9 Å². The molecular formula is C17H14FNO5. The Morgan fingerprint density at radius 1 is 1.21 bits per heavy atom. The number of anilines is 1. The number of benzene rings is 2. The number of halogens is 1. The Balaban J connectivity index is 1.75. The SMILES string of the molecule is COC(=O)c1ccc(F)c(NC(=O)[C@@H]2COc3ccccc3O2)c1. The van der Waals surface area contributed by atoms with Crippen molar-refractivity contribution in [1.29, 1.82) is 0 Å². The van der Waals surface area contributed by atoms with Crippen LogP contribution in [0.25, 0.3) is 0 Å². The molecule has 124 valence electrons. The van der Waals surface area contributed by atoms with Crippen molar-refractivity contribution < 1.29 is 28.2 Å². The van der Waals surface area contributed by atoms with Crippen molar-refractivity contribution in [3.05, 3.63) is 53.8 Å². The molecule has 1 heterocycles. The van der Waals surface area contributed by atoms with Gasteiger partial charge in [0.15, 0.2) is 11.5 Å². The van der Waals surface area contributed by atoms with Crippen LogP contribution in [0.2, 0.25) is 0 Å². The zero-order valence-electron chi connectivity index (χ0n) is 12.7. The van der Waals surface area contributed by atoms with Gasteiger partial charge in [-0.05, 0) is 30.3 Å². The lowest BCUT2D eigenvalue weighted by Crippen LogP contribution is -2.40. The van der Waals surface area contributed by atoms with Gasteiger partial charge in [0.25, 0.3) is 5.91 Å². The number of para-hydroxylation sites is 2. The first-order valence-electron chi connectivity index (χ1n) is 7.15. The smallest absolute Gasteiger partial charge is 0.337 e. The molecule has 2 aromatic rings. The van der Waals surface area contributed by atoms with Crippen molar-refractivity contribution in [2.75, 3.05) is 19.0 Å². The van der Waals surface area contributed by atoms with Crippen LogP contribution >= 0.6 is 0 Å². The summed E-state index contributed by atoms with van der Waals surface area (Å²) in [5.41, 5.74) is -0.00860. The minimum absolute atomic E-state index is 0.00115. The van der Waals surface area contributed by atoms with Crippen LogP contribution in [0.15, 0.2) is 42.5 Å². The lowest BCUT2D eigenvalue weighted by Gasteiger charge is -2.25. The van der Waals surface area contributed by atoms with E-state index in [1.807, 2.05) is 0 Å². The average molecular weight is 331 g/mol. The molecule has 1 aliphatic heterocycles. The summed E-state index contributed by atoms with van der Waals surface area (Å²) in [6.45, 7) is 0.00115. The Labute approximate surface area is 137 Å². The molecule has 3 rings (SSSR count). The van der Waals surface area contributed by atoms with Crippen LogP contribution in [0.1, 0.15) is 10.4 Å². The van der Waals surface area contributed by atoms with Crippen LogP contribution in [-0.2, 0) is 9.53 Å². The molecule has 6 nitrogen and oxygen atoms in total. The van der Waals surface area contributed by atoms with Gasteiger partial charge in [0.05, 0.1) is 18.4 Å². The highest BCUT2D eigenvalue weighted by atomic mass is 19.1. The second kappa shape index (κ2) is 6.57. The van der Waals surface area contributed by atoms with E-state index in [0.717, 1.165) is 6.07 Å². The molecule has 0 saturated heterocycles. The van der Waals surface area contributed by atoms with Crippen LogP contribution < -0.4 is 14.8 Å². The third-order valence-electron chi connectivity index (χ3n) is 3.45. The van der Waals surface area contributed by atoms with E-state index in [-0.39, 0.29) is 17.9 Å². The number of rotatable bonds is 3. The number of fused-ring (bicyclic) bond motifs is 1. The normalized spacial score (nSPS) is 15.5. The molecule has 0 spiro atoms.